The van der Waals surface area contributed by atoms with Crippen LogP contribution in [0.15, 0.2) is 17.5 Å². The zero-order valence-electron chi connectivity index (χ0n) is 10.9. The number of hydrogen-bond donors (Lipinski definition) is 1. The van der Waals surface area contributed by atoms with E-state index in [1.807, 2.05) is 32.2 Å². The van der Waals surface area contributed by atoms with Crippen LogP contribution in [-0.4, -0.2) is 21.1 Å². The average Bonchev–Trinajstić information content (AvgIpc) is 2.79. The molecule has 0 radical (unpaired) electrons. The van der Waals surface area contributed by atoms with Crippen molar-refractivity contribution in [2.45, 2.75) is 32.9 Å². The van der Waals surface area contributed by atoms with Gasteiger partial charge in [-0.3, -0.25) is 0 Å². The molecule has 5 nitrogen and oxygen atoms in total. The van der Waals surface area contributed by atoms with Crippen molar-refractivity contribution in [2.24, 2.45) is 0 Å². The maximum atomic E-state index is 5.86. The third kappa shape index (κ3) is 4.04. The number of ether oxygens (including phenoxy) is 1. The maximum absolute atomic E-state index is 5.86. The number of aromatic nitrogens is 3. The molecule has 0 aliphatic carbocycles. The van der Waals surface area contributed by atoms with Gasteiger partial charge >= 0.3 is 6.01 Å². The second kappa shape index (κ2) is 6.16. The first-order valence-corrected chi connectivity index (χ1v) is 7.18. The molecule has 2 aromatic rings. The van der Waals surface area contributed by atoms with Gasteiger partial charge in [-0.15, -0.1) is 11.3 Å². The van der Waals surface area contributed by atoms with Gasteiger partial charge in [-0.2, -0.15) is 15.0 Å². The normalized spacial score (nSPS) is 12.5. The van der Waals surface area contributed by atoms with Crippen LogP contribution in [-0.2, 0) is 0 Å². The summed E-state index contributed by atoms with van der Waals surface area (Å²) >= 11 is 7.53. The van der Waals surface area contributed by atoms with Crippen LogP contribution in [0, 0.1) is 0 Å². The van der Waals surface area contributed by atoms with E-state index in [9.17, 15) is 0 Å². The van der Waals surface area contributed by atoms with Crippen molar-refractivity contribution in [2.75, 3.05) is 5.32 Å². The Morgan fingerprint density at radius 1 is 1.26 bits per heavy atom. The summed E-state index contributed by atoms with van der Waals surface area (Å²) in [5.74, 6) is 0.413. The van der Waals surface area contributed by atoms with Gasteiger partial charge in [-0.25, -0.2) is 0 Å². The Hall–Kier alpha value is -1.40. The number of nitrogens with one attached hydrogen (secondary N) is 1. The molecule has 2 aromatic heterocycles. The first-order chi connectivity index (χ1) is 9.04. The van der Waals surface area contributed by atoms with Gasteiger partial charge in [-0.05, 0) is 43.8 Å². The van der Waals surface area contributed by atoms with E-state index in [-0.39, 0.29) is 23.4 Å². The highest BCUT2D eigenvalue weighted by Crippen LogP contribution is 2.22. The Bertz CT molecular complexity index is 533. The van der Waals surface area contributed by atoms with Gasteiger partial charge in [0.05, 0.1) is 12.1 Å². The lowest BCUT2D eigenvalue weighted by Gasteiger charge is -2.13. The molecule has 7 heteroatoms. The second-order valence-corrected chi connectivity index (χ2v) is 5.58. The lowest BCUT2D eigenvalue weighted by atomic mass is 10.3. The minimum Gasteiger partial charge on any atom is -0.461 e. The van der Waals surface area contributed by atoms with E-state index >= 15 is 0 Å². The van der Waals surface area contributed by atoms with E-state index in [0.29, 0.717) is 5.95 Å². The predicted molar refractivity (Wildman–Crippen MR) is 77.0 cm³/mol. The minimum atomic E-state index is -0.0129. The summed E-state index contributed by atoms with van der Waals surface area (Å²) in [6.07, 6.45) is -0.0129. The van der Waals surface area contributed by atoms with Crippen LogP contribution in [0.2, 0.25) is 5.28 Å². The minimum absolute atomic E-state index is 0.0129. The Kier molecular flexibility index (Phi) is 4.55. The molecule has 0 fully saturated rings. The molecule has 19 heavy (non-hydrogen) atoms. The predicted octanol–water partition coefficient (Wildman–Crippen LogP) is 3.55. The molecule has 0 aliphatic rings. The Morgan fingerprint density at radius 2 is 2.05 bits per heavy atom. The van der Waals surface area contributed by atoms with Crippen LogP contribution in [0.4, 0.5) is 5.95 Å². The molecule has 2 heterocycles. The van der Waals surface area contributed by atoms with E-state index in [0.717, 1.165) is 0 Å². The van der Waals surface area contributed by atoms with Gasteiger partial charge < -0.3 is 10.1 Å². The molecule has 1 N–H and O–H groups in total. The second-order valence-electron chi connectivity index (χ2n) is 4.26. The van der Waals surface area contributed by atoms with E-state index < -0.39 is 0 Å². The largest absolute Gasteiger partial charge is 0.461 e. The van der Waals surface area contributed by atoms with E-state index in [1.165, 1.54) is 4.88 Å². The first-order valence-electron chi connectivity index (χ1n) is 5.93. The summed E-state index contributed by atoms with van der Waals surface area (Å²) in [5.41, 5.74) is 0. The van der Waals surface area contributed by atoms with Crippen LogP contribution in [0.1, 0.15) is 31.7 Å². The highest BCUT2D eigenvalue weighted by Gasteiger charge is 2.11. The molecule has 1 atom stereocenters. The van der Waals surface area contributed by atoms with Gasteiger partial charge in [0.1, 0.15) is 0 Å². The van der Waals surface area contributed by atoms with Crippen molar-refractivity contribution in [3.05, 3.63) is 27.7 Å². The number of hydrogen-bond acceptors (Lipinski definition) is 6. The fraction of sp³-hybridized carbons (Fsp3) is 0.417. The van der Waals surface area contributed by atoms with E-state index in [2.05, 4.69) is 26.3 Å². The highest BCUT2D eigenvalue weighted by atomic mass is 35.5. The lowest BCUT2D eigenvalue weighted by Crippen LogP contribution is -2.13. The Balaban J connectivity index is 2.13. The van der Waals surface area contributed by atoms with Crippen molar-refractivity contribution in [3.63, 3.8) is 0 Å². The summed E-state index contributed by atoms with van der Waals surface area (Å²) in [5, 5.41) is 5.33. The molecule has 102 valence electrons. The molecule has 0 bridgehead atoms. The third-order valence-corrected chi connectivity index (χ3v) is 3.47. The fourth-order valence-corrected chi connectivity index (χ4v) is 2.35. The standard InChI is InChI=1S/C12H15ClN4OS/c1-7(2)18-12-16-10(13)15-11(17-12)14-8(3)9-5-4-6-19-9/h4-8H,1-3H3,(H,14,15,16,17). The topological polar surface area (TPSA) is 59.9 Å². The highest BCUT2D eigenvalue weighted by molar-refractivity contribution is 7.10. The summed E-state index contributed by atoms with van der Waals surface area (Å²) in [7, 11) is 0. The number of thiophene rings is 1. The number of anilines is 1. The first kappa shape index (κ1) is 14.0. The van der Waals surface area contributed by atoms with Crippen LogP contribution >= 0.6 is 22.9 Å². The summed E-state index contributed by atoms with van der Waals surface area (Å²) in [6.45, 7) is 5.84. The molecule has 0 amide bonds. The van der Waals surface area contributed by atoms with Crippen molar-refractivity contribution in [1.82, 2.24) is 15.0 Å². The monoisotopic (exact) mass is 298 g/mol. The number of rotatable bonds is 5. The van der Waals surface area contributed by atoms with Crippen LogP contribution in [0.3, 0.4) is 0 Å². The van der Waals surface area contributed by atoms with Crippen molar-refractivity contribution >= 4 is 28.9 Å². The Morgan fingerprint density at radius 3 is 2.68 bits per heavy atom. The van der Waals surface area contributed by atoms with Gasteiger partial charge in [-0.1, -0.05) is 6.07 Å². The zero-order valence-corrected chi connectivity index (χ0v) is 12.5. The molecular formula is C12H15ClN4OS. The molecule has 0 aliphatic heterocycles. The third-order valence-electron chi connectivity index (χ3n) is 2.24. The van der Waals surface area contributed by atoms with Gasteiger partial charge in [0, 0.05) is 4.88 Å². The lowest BCUT2D eigenvalue weighted by molar-refractivity contribution is 0.222. The quantitative estimate of drug-likeness (QED) is 0.915. The zero-order chi connectivity index (χ0) is 13.8. The van der Waals surface area contributed by atoms with Crippen molar-refractivity contribution in [3.8, 4) is 6.01 Å². The van der Waals surface area contributed by atoms with E-state index in [4.69, 9.17) is 16.3 Å². The number of nitrogens with zero attached hydrogens (tertiary/aromatic N) is 3. The fourth-order valence-electron chi connectivity index (χ4n) is 1.46. The molecular weight excluding hydrogens is 284 g/mol. The van der Waals surface area contributed by atoms with Gasteiger partial charge in [0.2, 0.25) is 11.2 Å². The summed E-state index contributed by atoms with van der Waals surface area (Å²) in [4.78, 5) is 13.4. The SMILES string of the molecule is CC(C)Oc1nc(Cl)nc(NC(C)c2cccs2)n1. The van der Waals surface area contributed by atoms with Crippen molar-refractivity contribution < 1.29 is 4.74 Å². The van der Waals surface area contributed by atoms with E-state index in [1.54, 1.807) is 11.3 Å². The molecule has 0 saturated carbocycles. The Labute approximate surface area is 121 Å². The maximum Gasteiger partial charge on any atom is 0.322 e. The van der Waals surface area contributed by atoms with Crippen LogP contribution in [0.5, 0.6) is 6.01 Å². The molecule has 0 spiro atoms. The summed E-state index contributed by atoms with van der Waals surface area (Å²) < 4.78 is 5.42. The smallest absolute Gasteiger partial charge is 0.322 e. The molecule has 2 rings (SSSR count). The van der Waals surface area contributed by atoms with Crippen LogP contribution < -0.4 is 10.1 Å². The molecule has 0 saturated heterocycles. The van der Waals surface area contributed by atoms with Gasteiger partial charge in [0.25, 0.3) is 0 Å². The average molecular weight is 299 g/mol. The van der Waals surface area contributed by atoms with Crippen LogP contribution in [0.25, 0.3) is 0 Å². The molecule has 1 unspecified atom stereocenters. The molecule has 0 aromatic carbocycles. The number of halogens is 1. The van der Waals surface area contributed by atoms with Gasteiger partial charge in [0.15, 0.2) is 0 Å². The van der Waals surface area contributed by atoms with Crippen molar-refractivity contribution in [1.29, 1.82) is 0 Å². The summed E-state index contributed by atoms with van der Waals surface area (Å²) in [6, 6.07) is 4.39.